The van der Waals surface area contributed by atoms with E-state index in [1.807, 2.05) is 17.0 Å². The van der Waals surface area contributed by atoms with Gasteiger partial charge in [0.2, 0.25) is 0 Å². The van der Waals surface area contributed by atoms with Crippen LogP contribution in [0.3, 0.4) is 0 Å². The number of ether oxygens (including phenoxy) is 2. The zero-order valence-corrected chi connectivity index (χ0v) is 17.6. The molecule has 0 radical (unpaired) electrons. The summed E-state index contributed by atoms with van der Waals surface area (Å²) in [6.45, 7) is 11.6. The summed E-state index contributed by atoms with van der Waals surface area (Å²) in [5.74, 6) is 1.21. The van der Waals surface area contributed by atoms with Crippen molar-refractivity contribution in [2.24, 2.45) is 0 Å². The van der Waals surface area contributed by atoms with Crippen LogP contribution in [0.2, 0.25) is 0 Å². The van der Waals surface area contributed by atoms with E-state index in [0.717, 1.165) is 49.2 Å². The highest BCUT2D eigenvalue weighted by Crippen LogP contribution is 2.26. The average molecular weight is 377 g/mol. The van der Waals surface area contributed by atoms with Crippen molar-refractivity contribution in [2.75, 3.05) is 33.4 Å². The van der Waals surface area contributed by atoms with Gasteiger partial charge < -0.3 is 19.7 Å². The molecule has 5 heteroatoms. The van der Waals surface area contributed by atoms with E-state index in [-0.39, 0.29) is 18.0 Å². The fraction of sp³-hybridized carbons (Fsp3) is 0.682. The fourth-order valence-electron chi connectivity index (χ4n) is 3.60. The molecule has 1 aromatic rings. The highest BCUT2D eigenvalue weighted by atomic mass is 16.5. The Bertz CT molecular complexity index is 595. The zero-order valence-electron chi connectivity index (χ0n) is 17.6. The molecule has 0 bridgehead atoms. The van der Waals surface area contributed by atoms with Crippen molar-refractivity contribution in [3.63, 3.8) is 0 Å². The van der Waals surface area contributed by atoms with Gasteiger partial charge in [0, 0.05) is 44.3 Å². The van der Waals surface area contributed by atoms with Gasteiger partial charge in [0.25, 0.3) is 5.91 Å². The normalized spacial score (nSPS) is 17.4. The highest BCUT2D eigenvalue weighted by Gasteiger charge is 2.29. The third-order valence-electron chi connectivity index (χ3n) is 5.06. The number of carbonyl (C=O) groups excluding carboxylic acids is 1. The predicted octanol–water partition coefficient (Wildman–Crippen LogP) is 3.83. The number of carbonyl (C=O) groups is 1. The average Bonchev–Trinajstić information content (AvgIpc) is 2.65. The second-order valence-electron chi connectivity index (χ2n) is 7.95. The first-order valence-corrected chi connectivity index (χ1v) is 10.2. The van der Waals surface area contributed by atoms with E-state index in [2.05, 4.69) is 39.1 Å². The van der Waals surface area contributed by atoms with E-state index in [1.54, 1.807) is 7.11 Å². The van der Waals surface area contributed by atoms with E-state index < -0.39 is 0 Å². The molecule has 0 spiro atoms. The van der Waals surface area contributed by atoms with Crippen LogP contribution in [-0.2, 0) is 4.74 Å². The number of benzene rings is 1. The van der Waals surface area contributed by atoms with Crippen LogP contribution in [0.5, 0.6) is 5.75 Å². The summed E-state index contributed by atoms with van der Waals surface area (Å²) in [5, 5.41) is 3.43. The number of rotatable bonds is 9. The molecule has 2 rings (SSSR count). The lowest BCUT2D eigenvalue weighted by Crippen LogP contribution is -2.51. The Kier molecular flexibility index (Phi) is 8.58. The Morgan fingerprint density at radius 1 is 1.22 bits per heavy atom. The Morgan fingerprint density at radius 3 is 2.59 bits per heavy atom. The van der Waals surface area contributed by atoms with Gasteiger partial charge in [-0.1, -0.05) is 13.8 Å². The Labute approximate surface area is 164 Å². The molecule has 0 saturated carbocycles. The molecule has 5 nitrogen and oxygen atoms in total. The van der Waals surface area contributed by atoms with Crippen molar-refractivity contribution < 1.29 is 14.3 Å². The van der Waals surface area contributed by atoms with E-state index in [4.69, 9.17) is 9.47 Å². The summed E-state index contributed by atoms with van der Waals surface area (Å²) < 4.78 is 11.0. The summed E-state index contributed by atoms with van der Waals surface area (Å²) in [5.41, 5.74) is 1.86. The molecular weight excluding hydrogens is 340 g/mol. The largest absolute Gasteiger partial charge is 0.493 e. The van der Waals surface area contributed by atoms with Gasteiger partial charge in [-0.2, -0.15) is 0 Å². The molecular formula is C22H36N2O3. The smallest absolute Gasteiger partial charge is 0.254 e. The summed E-state index contributed by atoms with van der Waals surface area (Å²) in [6.07, 6.45) is 3.00. The maximum Gasteiger partial charge on any atom is 0.254 e. The molecule has 27 heavy (non-hydrogen) atoms. The third kappa shape index (κ3) is 6.22. The number of hydrogen-bond donors (Lipinski definition) is 1. The van der Waals surface area contributed by atoms with E-state index in [0.29, 0.717) is 19.1 Å². The van der Waals surface area contributed by atoms with Crippen molar-refractivity contribution in [2.45, 2.75) is 65.0 Å². The van der Waals surface area contributed by atoms with Gasteiger partial charge in [0.1, 0.15) is 5.75 Å². The van der Waals surface area contributed by atoms with Gasteiger partial charge in [-0.25, -0.2) is 0 Å². The van der Waals surface area contributed by atoms with Crippen molar-refractivity contribution in [1.82, 2.24) is 10.2 Å². The summed E-state index contributed by atoms with van der Waals surface area (Å²) in [6, 6.07) is 6.39. The van der Waals surface area contributed by atoms with Crippen LogP contribution < -0.4 is 10.1 Å². The van der Waals surface area contributed by atoms with Crippen molar-refractivity contribution in [1.29, 1.82) is 0 Å². The van der Waals surface area contributed by atoms with Crippen molar-refractivity contribution in [3.05, 3.63) is 29.3 Å². The monoisotopic (exact) mass is 376 g/mol. The zero-order chi connectivity index (χ0) is 19.8. The lowest BCUT2D eigenvalue weighted by atomic mass is 9.98. The van der Waals surface area contributed by atoms with Gasteiger partial charge in [-0.15, -0.1) is 0 Å². The minimum Gasteiger partial charge on any atom is -0.493 e. The molecule has 1 heterocycles. The molecule has 0 aromatic heterocycles. The summed E-state index contributed by atoms with van der Waals surface area (Å²) in [4.78, 5) is 15.5. The Morgan fingerprint density at radius 2 is 2.00 bits per heavy atom. The molecule has 0 aliphatic carbocycles. The molecule has 1 aromatic carbocycles. The quantitative estimate of drug-likeness (QED) is 0.666. The van der Waals surface area contributed by atoms with Crippen LogP contribution in [0.25, 0.3) is 0 Å². The van der Waals surface area contributed by atoms with Gasteiger partial charge in [-0.05, 0) is 62.9 Å². The van der Waals surface area contributed by atoms with Crippen molar-refractivity contribution in [3.8, 4) is 5.75 Å². The van der Waals surface area contributed by atoms with E-state index in [9.17, 15) is 4.79 Å². The third-order valence-corrected chi connectivity index (χ3v) is 5.06. The standard InChI is InChI=1S/C22H36N2O3/c1-16(2)18-12-19(14-21(13-18)27-11-7-10-26-5)22(25)24(17(3)4)20-8-6-9-23-15-20/h12-14,16-17,20,23H,6-11,15H2,1-5H3/t20-/m1/s1. The predicted molar refractivity (Wildman–Crippen MR) is 110 cm³/mol. The number of hydrogen-bond acceptors (Lipinski definition) is 4. The maximum absolute atomic E-state index is 13.4. The van der Waals surface area contributed by atoms with E-state index in [1.165, 1.54) is 0 Å². The molecule has 1 aliphatic heterocycles. The van der Waals surface area contributed by atoms with Gasteiger partial charge in [0.05, 0.1) is 6.61 Å². The number of nitrogens with zero attached hydrogens (tertiary/aromatic N) is 1. The minimum absolute atomic E-state index is 0.0999. The first-order chi connectivity index (χ1) is 12.9. The Hall–Kier alpha value is -1.59. The second kappa shape index (κ2) is 10.7. The molecule has 1 N–H and O–H groups in total. The number of nitrogens with one attached hydrogen (secondary N) is 1. The molecule has 1 amide bonds. The second-order valence-corrected chi connectivity index (χ2v) is 7.95. The molecule has 0 unspecified atom stereocenters. The van der Waals surface area contributed by atoms with Gasteiger partial charge >= 0.3 is 0 Å². The molecule has 1 fully saturated rings. The van der Waals surface area contributed by atoms with E-state index >= 15 is 0 Å². The molecule has 1 aliphatic rings. The Balaban J connectivity index is 2.24. The fourth-order valence-corrected chi connectivity index (χ4v) is 3.60. The summed E-state index contributed by atoms with van der Waals surface area (Å²) in [7, 11) is 1.69. The first-order valence-electron chi connectivity index (χ1n) is 10.2. The number of amides is 1. The van der Waals surface area contributed by atoms with Crippen LogP contribution in [-0.4, -0.2) is 56.3 Å². The lowest BCUT2D eigenvalue weighted by Gasteiger charge is -2.37. The first kappa shape index (κ1) is 21.7. The number of methoxy groups -OCH3 is 1. The van der Waals surface area contributed by atoms with Gasteiger partial charge in [-0.3, -0.25) is 4.79 Å². The van der Waals surface area contributed by atoms with Crippen LogP contribution in [0.15, 0.2) is 18.2 Å². The van der Waals surface area contributed by atoms with Crippen LogP contribution >= 0.6 is 0 Å². The highest BCUT2D eigenvalue weighted by molar-refractivity contribution is 5.95. The topological polar surface area (TPSA) is 50.8 Å². The summed E-state index contributed by atoms with van der Waals surface area (Å²) >= 11 is 0. The van der Waals surface area contributed by atoms with Crippen LogP contribution in [0.4, 0.5) is 0 Å². The molecule has 1 atom stereocenters. The van der Waals surface area contributed by atoms with Gasteiger partial charge in [0.15, 0.2) is 0 Å². The maximum atomic E-state index is 13.4. The molecule has 152 valence electrons. The lowest BCUT2D eigenvalue weighted by molar-refractivity contribution is 0.0573. The molecule has 1 saturated heterocycles. The SMILES string of the molecule is COCCCOc1cc(C(=O)N(C(C)C)[C@@H]2CCCNC2)cc(C(C)C)c1. The van der Waals surface area contributed by atoms with Crippen LogP contribution in [0.1, 0.15) is 68.8 Å². The van der Waals surface area contributed by atoms with Crippen molar-refractivity contribution >= 4 is 5.91 Å². The number of piperidine rings is 1. The minimum atomic E-state index is 0.0999. The van der Waals surface area contributed by atoms with Crippen LogP contribution in [0, 0.1) is 0 Å².